The molecule has 2 saturated carbocycles. The number of pyridine rings is 1. The number of anilines is 1. The molecule has 1 saturated heterocycles. The number of aromatic nitrogens is 1. The lowest BCUT2D eigenvalue weighted by molar-refractivity contribution is 0.0548. The molecule has 5 nitrogen and oxygen atoms in total. The molecule has 1 aromatic heterocycles. The number of rotatable bonds is 3. The zero-order valence-corrected chi connectivity index (χ0v) is 14.0. The molecule has 118 valence electrons. The second-order valence-electron chi connectivity index (χ2n) is 6.67. The maximum absolute atomic E-state index is 12.2. The van der Waals surface area contributed by atoms with Crippen molar-refractivity contribution in [3.05, 3.63) is 22.3 Å². The van der Waals surface area contributed by atoms with E-state index in [4.69, 9.17) is 4.74 Å². The molecule has 2 heterocycles. The summed E-state index contributed by atoms with van der Waals surface area (Å²) >= 11 is 3.53. The van der Waals surface area contributed by atoms with Crippen LogP contribution in [0, 0.1) is 5.41 Å². The first-order valence-electron chi connectivity index (χ1n) is 7.98. The minimum Gasteiger partial charge on any atom is -0.381 e. The monoisotopic (exact) mass is 365 g/mol. The first-order chi connectivity index (χ1) is 10.7. The Morgan fingerprint density at radius 1 is 1.32 bits per heavy atom. The second kappa shape index (κ2) is 5.49. The van der Waals surface area contributed by atoms with Gasteiger partial charge in [0.15, 0.2) is 0 Å². The van der Waals surface area contributed by atoms with E-state index in [1.54, 1.807) is 0 Å². The highest BCUT2D eigenvalue weighted by molar-refractivity contribution is 9.10. The molecule has 3 aliphatic rings. The van der Waals surface area contributed by atoms with E-state index in [9.17, 15) is 4.79 Å². The molecule has 4 rings (SSSR count). The van der Waals surface area contributed by atoms with Crippen LogP contribution in [-0.4, -0.2) is 30.3 Å². The SMILES string of the molecule is O=C(Nc1ccc(Br)c(C2CC2)n1)NC1CC12CCOCC2. The number of ether oxygens (including phenoxy) is 1. The fraction of sp³-hybridized carbons (Fsp3) is 0.625. The van der Waals surface area contributed by atoms with Gasteiger partial charge in [0.25, 0.3) is 0 Å². The van der Waals surface area contributed by atoms with Crippen LogP contribution in [0.15, 0.2) is 16.6 Å². The lowest BCUT2D eigenvalue weighted by atomic mass is 9.96. The molecule has 22 heavy (non-hydrogen) atoms. The van der Waals surface area contributed by atoms with Crippen molar-refractivity contribution in [2.45, 2.75) is 44.1 Å². The Morgan fingerprint density at radius 3 is 2.82 bits per heavy atom. The molecular weight excluding hydrogens is 346 g/mol. The molecule has 6 heteroatoms. The minimum atomic E-state index is -0.148. The third-order valence-electron chi connectivity index (χ3n) is 5.06. The Balaban J connectivity index is 1.35. The van der Waals surface area contributed by atoms with Gasteiger partial charge >= 0.3 is 6.03 Å². The molecule has 3 fully saturated rings. The molecule has 1 spiro atoms. The van der Waals surface area contributed by atoms with Crippen molar-refractivity contribution in [3.8, 4) is 0 Å². The maximum atomic E-state index is 12.2. The van der Waals surface area contributed by atoms with E-state index >= 15 is 0 Å². The number of carbonyl (C=O) groups is 1. The predicted octanol–water partition coefficient (Wildman–Crippen LogP) is 3.41. The first kappa shape index (κ1) is 14.5. The van der Waals surface area contributed by atoms with Crippen LogP contribution < -0.4 is 10.6 Å². The van der Waals surface area contributed by atoms with E-state index in [-0.39, 0.29) is 12.1 Å². The number of hydrogen-bond acceptors (Lipinski definition) is 3. The number of halogens is 1. The van der Waals surface area contributed by atoms with Gasteiger partial charge in [0.05, 0.1) is 5.69 Å². The van der Waals surface area contributed by atoms with E-state index < -0.39 is 0 Å². The maximum Gasteiger partial charge on any atom is 0.320 e. The van der Waals surface area contributed by atoms with Crippen LogP contribution >= 0.6 is 15.9 Å². The fourth-order valence-electron chi connectivity index (χ4n) is 3.36. The van der Waals surface area contributed by atoms with E-state index in [0.29, 0.717) is 17.2 Å². The van der Waals surface area contributed by atoms with Gasteiger partial charge in [-0.25, -0.2) is 9.78 Å². The van der Waals surface area contributed by atoms with Gasteiger partial charge in [-0.1, -0.05) is 0 Å². The average Bonchev–Trinajstić information content (AvgIpc) is 3.41. The van der Waals surface area contributed by atoms with Crippen molar-refractivity contribution in [3.63, 3.8) is 0 Å². The molecule has 2 N–H and O–H groups in total. The molecular formula is C16H20BrN3O2. The Hall–Kier alpha value is -1.14. The molecule has 0 bridgehead atoms. The quantitative estimate of drug-likeness (QED) is 0.862. The zero-order valence-electron chi connectivity index (χ0n) is 12.4. The van der Waals surface area contributed by atoms with Crippen LogP contribution in [0.1, 0.15) is 43.7 Å². The zero-order chi connectivity index (χ0) is 15.2. The highest BCUT2D eigenvalue weighted by atomic mass is 79.9. The molecule has 2 aliphatic carbocycles. The number of nitrogens with zero attached hydrogens (tertiary/aromatic N) is 1. The summed E-state index contributed by atoms with van der Waals surface area (Å²) in [5, 5.41) is 5.96. The van der Waals surface area contributed by atoms with Crippen molar-refractivity contribution in [2.24, 2.45) is 5.41 Å². The minimum absolute atomic E-state index is 0.148. The summed E-state index contributed by atoms with van der Waals surface area (Å²) in [6, 6.07) is 3.94. The lowest BCUT2D eigenvalue weighted by Gasteiger charge is -2.22. The topological polar surface area (TPSA) is 63.2 Å². The van der Waals surface area contributed by atoms with Gasteiger partial charge in [-0.15, -0.1) is 0 Å². The van der Waals surface area contributed by atoms with Crippen molar-refractivity contribution in [1.29, 1.82) is 0 Å². The van der Waals surface area contributed by atoms with E-state index in [2.05, 4.69) is 31.5 Å². The van der Waals surface area contributed by atoms with Gasteiger partial charge < -0.3 is 10.1 Å². The van der Waals surface area contributed by atoms with Crippen molar-refractivity contribution < 1.29 is 9.53 Å². The van der Waals surface area contributed by atoms with Crippen LogP contribution in [0.5, 0.6) is 0 Å². The average molecular weight is 366 g/mol. The summed E-state index contributed by atoms with van der Waals surface area (Å²) in [5.74, 6) is 1.18. The Labute approximate surface area is 138 Å². The van der Waals surface area contributed by atoms with Crippen LogP contribution in [0.25, 0.3) is 0 Å². The molecule has 0 aromatic carbocycles. The summed E-state index contributed by atoms with van der Waals surface area (Å²) in [6.45, 7) is 1.64. The van der Waals surface area contributed by atoms with Gasteiger partial charge in [0.2, 0.25) is 0 Å². The fourth-order valence-corrected chi connectivity index (χ4v) is 3.91. The number of urea groups is 1. The smallest absolute Gasteiger partial charge is 0.320 e. The predicted molar refractivity (Wildman–Crippen MR) is 87.0 cm³/mol. The number of amides is 2. The third-order valence-corrected chi connectivity index (χ3v) is 5.73. The summed E-state index contributed by atoms with van der Waals surface area (Å²) in [7, 11) is 0. The Morgan fingerprint density at radius 2 is 2.09 bits per heavy atom. The van der Waals surface area contributed by atoms with Crippen molar-refractivity contribution >= 4 is 27.8 Å². The highest BCUT2D eigenvalue weighted by Crippen LogP contribution is 2.53. The molecule has 0 radical (unpaired) electrons. The van der Waals surface area contributed by atoms with E-state index in [1.165, 1.54) is 12.8 Å². The summed E-state index contributed by atoms with van der Waals surface area (Å²) < 4.78 is 6.44. The highest BCUT2D eigenvalue weighted by Gasteiger charge is 2.55. The lowest BCUT2D eigenvalue weighted by Crippen LogP contribution is -2.35. The van der Waals surface area contributed by atoms with E-state index in [1.807, 2.05) is 12.1 Å². The standard InChI is InChI=1S/C16H20BrN3O2/c17-11-3-4-13(19-14(11)10-1-2-10)20-15(21)18-12-9-16(12)5-7-22-8-6-16/h3-4,10,12H,1-2,5-9H2,(H2,18,19,20,21). The normalized spacial score (nSPS) is 25.8. The summed E-state index contributed by atoms with van der Waals surface area (Å²) in [4.78, 5) is 16.7. The molecule has 1 aromatic rings. The van der Waals surface area contributed by atoms with Crippen LogP contribution in [-0.2, 0) is 4.74 Å². The van der Waals surface area contributed by atoms with Crippen molar-refractivity contribution in [1.82, 2.24) is 10.3 Å². The largest absolute Gasteiger partial charge is 0.381 e. The summed E-state index contributed by atoms with van der Waals surface area (Å²) in [5.41, 5.74) is 1.35. The van der Waals surface area contributed by atoms with Crippen LogP contribution in [0.4, 0.5) is 10.6 Å². The first-order valence-corrected chi connectivity index (χ1v) is 8.77. The van der Waals surface area contributed by atoms with Gasteiger partial charge in [-0.2, -0.15) is 0 Å². The summed E-state index contributed by atoms with van der Waals surface area (Å²) in [6.07, 6.45) is 5.56. The van der Waals surface area contributed by atoms with Gasteiger partial charge in [-0.3, -0.25) is 5.32 Å². The number of carbonyl (C=O) groups excluding carboxylic acids is 1. The molecule has 1 unspecified atom stereocenters. The third kappa shape index (κ3) is 2.86. The second-order valence-corrected chi connectivity index (χ2v) is 7.52. The van der Waals surface area contributed by atoms with Gasteiger partial charge in [0.1, 0.15) is 5.82 Å². The van der Waals surface area contributed by atoms with Crippen LogP contribution in [0.2, 0.25) is 0 Å². The molecule has 1 atom stereocenters. The number of hydrogen-bond donors (Lipinski definition) is 2. The molecule has 1 aliphatic heterocycles. The molecule has 2 amide bonds. The van der Waals surface area contributed by atoms with Gasteiger partial charge in [-0.05, 0) is 65.6 Å². The Kier molecular flexibility index (Phi) is 3.61. The van der Waals surface area contributed by atoms with Crippen LogP contribution in [0.3, 0.4) is 0 Å². The van der Waals surface area contributed by atoms with Crippen molar-refractivity contribution in [2.75, 3.05) is 18.5 Å². The van der Waals surface area contributed by atoms with Gasteiger partial charge in [0, 0.05) is 29.6 Å². The Bertz CT molecular complexity index is 597. The van der Waals surface area contributed by atoms with E-state index in [0.717, 1.165) is 42.6 Å². The number of nitrogens with one attached hydrogen (secondary N) is 2.